The van der Waals surface area contributed by atoms with E-state index < -0.39 is 0 Å². The fraction of sp³-hybridized carbons (Fsp3) is 0.875. The minimum absolute atomic E-state index is 0.718. The van der Waals surface area contributed by atoms with E-state index in [1.54, 1.807) is 0 Å². The molecule has 0 aromatic heterocycles. The van der Waals surface area contributed by atoms with Crippen LogP contribution < -0.4 is 0 Å². The van der Waals surface area contributed by atoms with Gasteiger partial charge in [0, 0.05) is 0 Å². The fourth-order valence-electron chi connectivity index (χ4n) is 1.31. The molecule has 9 heavy (non-hydrogen) atoms. The Hall–Kier alpha value is -0.0400. The molecule has 0 amide bonds. The van der Waals surface area contributed by atoms with Crippen LogP contribution in [0, 0.1) is 12.8 Å². The van der Waals surface area contributed by atoms with Crippen molar-refractivity contribution in [3.8, 4) is 0 Å². The molecule has 0 spiro atoms. The topological polar surface area (TPSA) is 3.24 Å². The highest BCUT2D eigenvalue weighted by atomic mass is 15.1. The van der Waals surface area contributed by atoms with Gasteiger partial charge in [0.1, 0.15) is 0 Å². The third-order valence-corrected chi connectivity index (χ3v) is 2.07. The molecule has 0 N–H and O–H groups in total. The van der Waals surface area contributed by atoms with Crippen LogP contribution in [-0.2, 0) is 0 Å². The monoisotopic (exact) mass is 126 g/mol. The summed E-state index contributed by atoms with van der Waals surface area (Å²) >= 11 is 0. The molecule has 1 unspecified atom stereocenters. The Morgan fingerprint density at radius 3 is 2.89 bits per heavy atom. The molecule has 0 aromatic carbocycles. The minimum Gasteiger partial charge on any atom is -0.306 e. The lowest BCUT2D eigenvalue weighted by molar-refractivity contribution is 0.346. The van der Waals surface area contributed by atoms with Crippen LogP contribution in [0.1, 0.15) is 19.3 Å². The van der Waals surface area contributed by atoms with Gasteiger partial charge in [-0.25, -0.2) is 0 Å². The summed E-state index contributed by atoms with van der Waals surface area (Å²) in [7, 11) is 2.19. The summed E-state index contributed by atoms with van der Waals surface area (Å²) in [5.74, 6) is 0.718. The van der Waals surface area contributed by atoms with Crippen LogP contribution in [0.5, 0.6) is 0 Å². The predicted molar refractivity (Wildman–Crippen MR) is 40.2 cm³/mol. The van der Waals surface area contributed by atoms with E-state index in [4.69, 9.17) is 0 Å². The van der Waals surface area contributed by atoms with E-state index in [1.807, 2.05) is 0 Å². The van der Waals surface area contributed by atoms with Gasteiger partial charge in [-0.2, -0.15) is 0 Å². The summed E-state index contributed by atoms with van der Waals surface area (Å²) in [5.41, 5.74) is 0. The first kappa shape index (κ1) is 7.07. The maximum Gasteiger partial charge on any atom is -0.00191 e. The van der Waals surface area contributed by atoms with Crippen LogP contribution in [-0.4, -0.2) is 25.0 Å². The smallest absolute Gasteiger partial charge is 0.00191 e. The van der Waals surface area contributed by atoms with Crippen LogP contribution in [0.3, 0.4) is 0 Å². The van der Waals surface area contributed by atoms with Gasteiger partial charge in [-0.3, -0.25) is 0 Å². The molecule has 53 valence electrons. The molecule has 1 radical (unpaired) electrons. The van der Waals surface area contributed by atoms with E-state index in [0.717, 1.165) is 5.92 Å². The molecular formula is C8H16N. The van der Waals surface area contributed by atoms with Gasteiger partial charge in [0.2, 0.25) is 0 Å². The molecule has 0 saturated carbocycles. The molecule has 1 heteroatoms. The van der Waals surface area contributed by atoms with Crippen molar-refractivity contribution in [3.63, 3.8) is 0 Å². The zero-order chi connectivity index (χ0) is 6.69. The molecule has 1 saturated heterocycles. The fourth-order valence-corrected chi connectivity index (χ4v) is 1.31. The number of nitrogens with zero attached hydrogens (tertiary/aromatic N) is 1. The molecule has 1 rings (SSSR count). The summed E-state index contributed by atoms with van der Waals surface area (Å²) in [6.07, 6.45) is 3.95. The van der Waals surface area contributed by atoms with Gasteiger partial charge in [-0.15, -0.1) is 0 Å². The Morgan fingerprint density at radius 2 is 2.11 bits per heavy atom. The highest BCUT2D eigenvalue weighted by Gasteiger charge is 2.09. The van der Waals surface area contributed by atoms with Crippen LogP contribution in [0.4, 0.5) is 0 Å². The SMILES string of the molecule is [CH2]C1CCCN(C)CC1. The van der Waals surface area contributed by atoms with Crippen molar-refractivity contribution in [1.82, 2.24) is 4.90 Å². The number of hydrogen-bond acceptors (Lipinski definition) is 1. The van der Waals surface area contributed by atoms with Crippen molar-refractivity contribution >= 4 is 0 Å². The molecule has 0 aromatic rings. The van der Waals surface area contributed by atoms with Crippen molar-refractivity contribution < 1.29 is 0 Å². The Balaban J connectivity index is 2.25. The third-order valence-electron chi connectivity index (χ3n) is 2.07. The van der Waals surface area contributed by atoms with Crippen molar-refractivity contribution in [2.24, 2.45) is 5.92 Å². The van der Waals surface area contributed by atoms with Gasteiger partial charge in [0.15, 0.2) is 0 Å². The quantitative estimate of drug-likeness (QED) is 0.476. The normalized spacial score (nSPS) is 32.0. The Kier molecular flexibility index (Phi) is 2.52. The lowest BCUT2D eigenvalue weighted by Crippen LogP contribution is -2.18. The zero-order valence-electron chi connectivity index (χ0n) is 6.27. The van der Waals surface area contributed by atoms with E-state index in [9.17, 15) is 0 Å². The van der Waals surface area contributed by atoms with E-state index in [0.29, 0.717) is 0 Å². The van der Waals surface area contributed by atoms with Crippen molar-refractivity contribution in [3.05, 3.63) is 6.92 Å². The average Bonchev–Trinajstić information content (AvgIpc) is 1.97. The van der Waals surface area contributed by atoms with E-state index in [1.165, 1.54) is 32.4 Å². The van der Waals surface area contributed by atoms with Gasteiger partial charge >= 0.3 is 0 Å². The van der Waals surface area contributed by atoms with E-state index in [-0.39, 0.29) is 0 Å². The van der Waals surface area contributed by atoms with Crippen molar-refractivity contribution in [1.29, 1.82) is 0 Å². The van der Waals surface area contributed by atoms with Crippen LogP contribution in [0.2, 0.25) is 0 Å². The van der Waals surface area contributed by atoms with Crippen molar-refractivity contribution in [2.45, 2.75) is 19.3 Å². The van der Waals surface area contributed by atoms with E-state index in [2.05, 4.69) is 18.9 Å². The first-order chi connectivity index (χ1) is 4.29. The second kappa shape index (κ2) is 3.21. The summed E-state index contributed by atoms with van der Waals surface area (Å²) in [6, 6.07) is 0. The highest BCUT2D eigenvalue weighted by molar-refractivity contribution is 4.68. The van der Waals surface area contributed by atoms with Gasteiger partial charge < -0.3 is 4.90 Å². The maximum atomic E-state index is 4.07. The first-order valence-electron chi connectivity index (χ1n) is 3.80. The molecule has 0 bridgehead atoms. The van der Waals surface area contributed by atoms with Crippen LogP contribution in [0.25, 0.3) is 0 Å². The average molecular weight is 126 g/mol. The van der Waals surface area contributed by atoms with Crippen LogP contribution >= 0.6 is 0 Å². The summed E-state index contributed by atoms with van der Waals surface area (Å²) < 4.78 is 0. The molecule has 1 nitrogen and oxygen atoms in total. The molecule has 1 fully saturated rings. The summed E-state index contributed by atoms with van der Waals surface area (Å²) in [5, 5.41) is 0. The van der Waals surface area contributed by atoms with E-state index >= 15 is 0 Å². The first-order valence-corrected chi connectivity index (χ1v) is 3.80. The Bertz CT molecular complexity index is 70.6. The van der Waals surface area contributed by atoms with Crippen LogP contribution in [0.15, 0.2) is 0 Å². The largest absolute Gasteiger partial charge is 0.306 e. The second-order valence-corrected chi connectivity index (χ2v) is 3.10. The predicted octanol–water partition coefficient (Wildman–Crippen LogP) is 1.55. The van der Waals surface area contributed by atoms with Gasteiger partial charge in [0.25, 0.3) is 0 Å². The highest BCUT2D eigenvalue weighted by Crippen LogP contribution is 2.14. The second-order valence-electron chi connectivity index (χ2n) is 3.10. The Labute approximate surface area is 58.0 Å². The van der Waals surface area contributed by atoms with Gasteiger partial charge in [-0.05, 0) is 45.3 Å². The lowest BCUT2D eigenvalue weighted by atomic mass is 10.0. The molecule has 1 aliphatic heterocycles. The molecule has 1 aliphatic rings. The van der Waals surface area contributed by atoms with Gasteiger partial charge in [0.05, 0.1) is 0 Å². The lowest BCUT2D eigenvalue weighted by Gasteiger charge is -2.11. The molecule has 0 aliphatic carbocycles. The maximum absolute atomic E-state index is 4.07. The summed E-state index contributed by atoms with van der Waals surface area (Å²) in [4.78, 5) is 2.39. The van der Waals surface area contributed by atoms with Crippen molar-refractivity contribution in [2.75, 3.05) is 20.1 Å². The van der Waals surface area contributed by atoms with Gasteiger partial charge in [-0.1, -0.05) is 6.92 Å². The Morgan fingerprint density at radius 1 is 1.33 bits per heavy atom. The molecule has 1 atom stereocenters. The number of hydrogen-bond donors (Lipinski definition) is 0. The summed E-state index contributed by atoms with van der Waals surface area (Å²) in [6.45, 7) is 6.58. The standard InChI is InChI=1S/C8H16N/c1-8-4-3-6-9(2)7-5-8/h8H,1,3-7H2,2H3. The zero-order valence-corrected chi connectivity index (χ0v) is 6.27. The number of likely N-dealkylation sites (tertiary alicyclic amines) is 1. The number of rotatable bonds is 0. The molecular weight excluding hydrogens is 110 g/mol. The minimum atomic E-state index is 0.718. The molecule has 1 heterocycles. The third kappa shape index (κ3) is 2.35.